The first-order valence-electron chi connectivity index (χ1n) is 13.5. The fourth-order valence-electron chi connectivity index (χ4n) is 4.91. The summed E-state index contributed by atoms with van der Waals surface area (Å²) in [7, 11) is 0. The van der Waals surface area contributed by atoms with Gasteiger partial charge in [-0.25, -0.2) is 4.98 Å². The first-order valence-corrected chi connectivity index (χ1v) is 13.5. The van der Waals surface area contributed by atoms with Crippen LogP contribution in [0.5, 0.6) is 0 Å². The summed E-state index contributed by atoms with van der Waals surface area (Å²) in [6, 6.07) is 5.15. The average Bonchev–Trinajstić information content (AvgIpc) is 2.87. The number of anilines is 2. The Morgan fingerprint density at radius 2 is 1.86 bits per heavy atom. The zero-order chi connectivity index (χ0) is 24.6. The van der Waals surface area contributed by atoms with E-state index in [0.29, 0.717) is 18.0 Å². The van der Waals surface area contributed by atoms with Crippen molar-refractivity contribution < 1.29 is 5.11 Å². The van der Waals surface area contributed by atoms with E-state index in [-0.39, 0.29) is 6.10 Å². The van der Waals surface area contributed by atoms with Gasteiger partial charge >= 0.3 is 0 Å². The number of rotatable bonds is 9. The lowest BCUT2D eigenvalue weighted by molar-refractivity contribution is 0.126. The first kappa shape index (κ1) is 25.6. The van der Waals surface area contributed by atoms with Gasteiger partial charge in [0.2, 0.25) is 5.95 Å². The molecule has 0 aromatic carbocycles. The minimum absolute atomic E-state index is 0.176. The topological polar surface area (TPSA) is 86.2 Å². The third-order valence-corrected chi connectivity index (χ3v) is 7.24. The Labute approximate surface area is 210 Å². The van der Waals surface area contributed by atoms with Crippen LogP contribution >= 0.6 is 0 Å². The van der Waals surface area contributed by atoms with Crippen LogP contribution in [0, 0.1) is 0 Å². The van der Waals surface area contributed by atoms with Crippen LogP contribution in [0.2, 0.25) is 0 Å². The van der Waals surface area contributed by atoms with Gasteiger partial charge in [0.1, 0.15) is 5.82 Å². The summed E-state index contributed by atoms with van der Waals surface area (Å²) in [5.41, 5.74) is 4.45. The van der Waals surface area contributed by atoms with Crippen molar-refractivity contribution in [3.63, 3.8) is 0 Å². The van der Waals surface area contributed by atoms with Crippen molar-refractivity contribution >= 4 is 17.8 Å². The van der Waals surface area contributed by atoms with Gasteiger partial charge in [0.15, 0.2) is 0 Å². The van der Waals surface area contributed by atoms with Crippen LogP contribution < -0.4 is 10.6 Å². The number of aromatic nitrogens is 3. The molecular weight excluding hydrogens is 436 g/mol. The number of nitrogens with one attached hydrogen (secondary N) is 2. The van der Waals surface area contributed by atoms with Gasteiger partial charge in [0, 0.05) is 44.1 Å². The van der Waals surface area contributed by atoms with Crippen molar-refractivity contribution in [1.82, 2.24) is 19.9 Å². The number of aliphatic hydroxyl groups excluding tert-OH is 1. The van der Waals surface area contributed by atoms with Crippen LogP contribution in [-0.2, 0) is 0 Å². The maximum atomic E-state index is 9.89. The molecule has 7 nitrogen and oxygen atoms in total. The van der Waals surface area contributed by atoms with Crippen LogP contribution in [0.4, 0.5) is 11.8 Å². The predicted molar refractivity (Wildman–Crippen MR) is 144 cm³/mol. The zero-order valence-electron chi connectivity index (χ0n) is 21.6. The van der Waals surface area contributed by atoms with Gasteiger partial charge in [-0.15, -0.1) is 0 Å². The molecule has 190 valence electrons. The predicted octanol–water partition coefficient (Wildman–Crippen LogP) is 5.35. The molecule has 1 saturated carbocycles. The lowest BCUT2D eigenvalue weighted by Crippen LogP contribution is -2.36. The smallest absolute Gasteiger partial charge is 0.224 e. The van der Waals surface area contributed by atoms with Gasteiger partial charge in [-0.2, -0.15) is 4.98 Å². The van der Waals surface area contributed by atoms with Gasteiger partial charge < -0.3 is 20.6 Å². The highest BCUT2D eigenvalue weighted by Gasteiger charge is 2.22. The van der Waals surface area contributed by atoms with E-state index in [0.717, 1.165) is 93.6 Å². The molecule has 35 heavy (non-hydrogen) atoms. The minimum atomic E-state index is -0.176. The second kappa shape index (κ2) is 12.5. The van der Waals surface area contributed by atoms with E-state index < -0.39 is 0 Å². The van der Waals surface area contributed by atoms with E-state index in [4.69, 9.17) is 9.97 Å². The Bertz CT molecular complexity index is 956. The van der Waals surface area contributed by atoms with Crippen LogP contribution in [0.25, 0.3) is 17.3 Å². The van der Waals surface area contributed by atoms with E-state index in [1.165, 1.54) is 5.57 Å². The van der Waals surface area contributed by atoms with Crippen LogP contribution in [0.1, 0.15) is 77.7 Å². The molecule has 0 radical (unpaired) electrons. The molecule has 0 amide bonds. The van der Waals surface area contributed by atoms with Crippen LogP contribution in [0.3, 0.4) is 0 Å². The Kier molecular flexibility index (Phi) is 9.10. The Hall–Kier alpha value is -2.51. The largest absolute Gasteiger partial charge is 0.393 e. The number of hydrogen-bond donors (Lipinski definition) is 3. The summed E-state index contributed by atoms with van der Waals surface area (Å²) in [4.78, 5) is 16.7. The Balaban J connectivity index is 1.49. The van der Waals surface area contributed by atoms with E-state index in [2.05, 4.69) is 59.5 Å². The van der Waals surface area contributed by atoms with E-state index in [1.807, 2.05) is 12.4 Å². The molecule has 2 aliphatic rings. The van der Waals surface area contributed by atoms with Gasteiger partial charge in [-0.05, 0) is 70.4 Å². The van der Waals surface area contributed by atoms with Crippen LogP contribution in [0.15, 0.2) is 30.1 Å². The molecule has 0 spiro atoms. The van der Waals surface area contributed by atoms with E-state index in [1.54, 1.807) is 0 Å². The summed E-state index contributed by atoms with van der Waals surface area (Å²) < 4.78 is 0. The molecule has 2 fully saturated rings. The quantitative estimate of drug-likeness (QED) is 0.419. The number of pyridine rings is 1. The third kappa shape index (κ3) is 7.24. The maximum absolute atomic E-state index is 9.89. The molecule has 0 bridgehead atoms. The van der Waals surface area contributed by atoms with E-state index >= 15 is 0 Å². The SMILES string of the molecule is CCCCNc1ncc(-c2ccc(C=C3CCN(C(C)C)CC3)cn2)c(NC2CCC(O)CC2)n1. The summed E-state index contributed by atoms with van der Waals surface area (Å²) in [6.07, 6.45) is 14.0. The van der Waals surface area contributed by atoms with Crippen molar-refractivity contribution in [3.05, 3.63) is 35.7 Å². The molecule has 0 unspecified atom stereocenters. The average molecular weight is 479 g/mol. The fraction of sp³-hybridized carbons (Fsp3) is 0.607. The van der Waals surface area contributed by atoms with E-state index in [9.17, 15) is 5.11 Å². The molecule has 1 saturated heterocycles. The maximum Gasteiger partial charge on any atom is 0.224 e. The second-order valence-electron chi connectivity index (χ2n) is 10.3. The summed E-state index contributed by atoms with van der Waals surface area (Å²) >= 11 is 0. The molecule has 7 heteroatoms. The zero-order valence-corrected chi connectivity index (χ0v) is 21.6. The van der Waals surface area contributed by atoms with Gasteiger partial charge in [0.05, 0.1) is 17.4 Å². The van der Waals surface area contributed by atoms with Crippen molar-refractivity contribution in [2.45, 2.75) is 90.3 Å². The first-order chi connectivity index (χ1) is 17.0. The summed E-state index contributed by atoms with van der Waals surface area (Å²) in [6.45, 7) is 9.86. The molecule has 2 aromatic heterocycles. The molecule has 1 aliphatic carbocycles. The summed E-state index contributed by atoms with van der Waals surface area (Å²) in [5, 5.41) is 16.9. The molecule has 2 aromatic rings. The molecule has 4 rings (SSSR count). The normalized spacial score (nSPS) is 21.2. The number of hydrogen-bond acceptors (Lipinski definition) is 7. The number of nitrogens with zero attached hydrogens (tertiary/aromatic N) is 4. The van der Waals surface area contributed by atoms with Crippen molar-refractivity contribution in [2.75, 3.05) is 30.3 Å². The minimum Gasteiger partial charge on any atom is -0.393 e. The lowest BCUT2D eigenvalue weighted by Gasteiger charge is -2.31. The van der Waals surface area contributed by atoms with Gasteiger partial charge in [-0.1, -0.05) is 31.1 Å². The molecule has 3 heterocycles. The van der Waals surface area contributed by atoms with Gasteiger partial charge in [-0.3, -0.25) is 4.98 Å². The molecule has 0 atom stereocenters. The Morgan fingerprint density at radius 3 is 2.51 bits per heavy atom. The number of aliphatic hydroxyl groups is 1. The highest BCUT2D eigenvalue weighted by Crippen LogP contribution is 2.29. The highest BCUT2D eigenvalue weighted by atomic mass is 16.3. The van der Waals surface area contributed by atoms with Gasteiger partial charge in [0.25, 0.3) is 0 Å². The molecule has 3 N–H and O–H groups in total. The monoisotopic (exact) mass is 478 g/mol. The number of piperidine rings is 1. The van der Waals surface area contributed by atoms with Crippen molar-refractivity contribution in [1.29, 1.82) is 0 Å². The van der Waals surface area contributed by atoms with Crippen LogP contribution in [-0.4, -0.2) is 62.8 Å². The van der Waals surface area contributed by atoms with Crippen molar-refractivity contribution in [2.24, 2.45) is 0 Å². The molecule has 1 aliphatic heterocycles. The number of unbranched alkanes of at least 4 members (excludes halogenated alkanes) is 1. The summed E-state index contributed by atoms with van der Waals surface area (Å²) in [5.74, 6) is 1.47. The lowest BCUT2D eigenvalue weighted by atomic mass is 9.93. The third-order valence-electron chi connectivity index (χ3n) is 7.24. The standard InChI is InChI=1S/C28H42N6O/c1-4-5-14-29-28-31-19-25(27(33-28)32-23-7-9-24(35)10-8-23)26-11-6-22(18-30-26)17-21-12-15-34(16-13-21)20(2)3/h6,11,17-20,23-24,35H,4-5,7-10,12-16H2,1-3H3,(H2,29,31,32,33). The highest BCUT2D eigenvalue weighted by molar-refractivity contribution is 5.73. The Morgan fingerprint density at radius 1 is 1.09 bits per heavy atom. The number of likely N-dealkylation sites (tertiary alicyclic amines) is 1. The molecular formula is C28H42N6O. The van der Waals surface area contributed by atoms with Crippen molar-refractivity contribution in [3.8, 4) is 11.3 Å². The second-order valence-corrected chi connectivity index (χ2v) is 10.3. The fourth-order valence-corrected chi connectivity index (χ4v) is 4.91.